The zero-order valence-corrected chi connectivity index (χ0v) is 18.3. The molecule has 2 aliphatic rings. The molecular weight excluding hydrogens is 458 g/mol. The Hall–Kier alpha value is -3.57. The summed E-state index contributed by atoms with van der Waals surface area (Å²) in [5.41, 5.74) is -0.0903. The van der Waals surface area contributed by atoms with Crippen LogP contribution in [0.4, 0.5) is 39.5 Å². The monoisotopic (exact) mass is 481 g/mol. The fraction of sp³-hybridized carbons (Fsp3) is 0.409. The number of cyclic esters (lactones) is 1. The van der Waals surface area contributed by atoms with Gasteiger partial charge in [-0.1, -0.05) is 0 Å². The maximum absolute atomic E-state index is 14.9. The summed E-state index contributed by atoms with van der Waals surface area (Å²) in [6, 6.07) is 6.37. The van der Waals surface area contributed by atoms with Gasteiger partial charge in [0.2, 0.25) is 5.91 Å². The molecular formula is C22H23F4N5O3. The van der Waals surface area contributed by atoms with E-state index in [9.17, 15) is 27.2 Å². The van der Waals surface area contributed by atoms with Crippen molar-refractivity contribution in [3.63, 3.8) is 0 Å². The van der Waals surface area contributed by atoms with E-state index in [0.29, 0.717) is 37.6 Å². The average molecular weight is 481 g/mol. The van der Waals surface area contributed by atoms with Gasteiger partial charge in [-0.15, -0.1) is 0 Å². The number of nitrogens with one attached hydrogen (secondary N) is 1. The number of nitrogens with zero attached hydrogens (tertiary/aromatic N) is 4. The molecule has 1 atom stereocenters. The number of ether oxygens (including phenoxy) is 1. The minimum Gasteiger partial charge on any atom is -0.442 e. The first-order valence-corrected chi connectivity index (χ1v) is 10.7. The Kier molecular flexibility index (Phi) is 6.49. The zero-order valence-electron chi connectivity index (χ0n) is 18.3. The second-order valence-electron chi connectivity index (χ2n) is 8.06. The number of anilines is 3. The van der Waals surface area contributed by atoms with Gasteiger partial charge in [-0.25, -0.2) is 14.2 Å². The molecule has 1 aromatic carbocycles. The third kappa shape index (κ3) is 5.15. The summed E-state index contributed by atoms with van der Waals surface area (Å²) in [6.07, 6.45) is -4.47. The first-order chi connectivity index (χ1) is 16.1. The summed E-state index contributed by atoms with van der Waals surface area (Å²) in [7, 11) is 0. The fourth-order valence-corrected chi connectivity index (χ4v) is 3.96. The standard InChI is InChI=1S/C22H23F4N5O3/c1-14(32)28-12-17-13-31(21(33)34-17)16-2-3-19(18(23)11-16)29-6-8-30(9-7-29)20-10-15(4-5-27-20)22(24,25)26/h2-5,10-11,17H,6-9,12-13H2,1H3,(H,28,32). The van der Waals surface area contributed by atoms with Crippen LogP contribution >= 0.6 is 0 Å². The third-order valence-electron chi connectivity index (χ3n) is 5.71. The van der Waals surface area contributed by atoms with E-state index in [1.165, 1.54) is 17.9 Å². The van der Waals surface area contributed by atoms with Crippen LogP contribution in [0.3, 0.4) is 0 Å². The second kappa shape index (κ2) is 9.35. The van der Waals surface area contributed by atoms with Crippen LogP contribution < -0.4 is 20.0 Å². The second-order valence-corrected chi connectivity index (χ2v) is 8.06. The molecule has 12 heteroatoms. The predicted octanol–water partition coefficient (Wildman–Crippen LogP) is 3.03. The molecule has 34 heavy (non-hydrogen) atoms. The normalized spacial score (nSPS) is 18.8. The summed E-state index contributed by atoms with van der Waals surface area (Å²) in [5, 5.41) is 2.58. The van der Waals surface area contributed by atoms with Crippen molar-refractivity contribution in [3.05, 3.63) is 47.9 Å². The number of carbonyl (C=O) groups is 2. The largest absolute Gasteiger partial charge is 0.442 e. The van der Waals surface area contributed by atoms with E-state index in [1.807, 2.05) is 0 Å². The summed E-state index contributed by atoms with van der Waals surface area (Å²) >= 11 is 0. The number of carbonyl (C=O) groups excluding carboxylic acids is 2. The highest BCUT2D eigenvalue weighted by Crippen LogP contribution is 2.32. The van der Waals surface area contributed by atoms with Gasteiger partial charge in [-0.2, -0.15) is 13.2 Å². The molecule has 2 saturated heterocycles. The first kappa shape index (κ1) is 23.6. The molecule has 0 saturated carbocycles. The smallest absolute Gasteiger partial charge is 0.416 e. The highest BCUT2D eigenvalue weighted by Gasteiger charge is 2.34. The Morgan fingerprint density at radius 3 is 2.50 bits per heavy atom. The summed E-state index contributed by atoms with van der Waals surface area (Å²) in [6.45, 7) is 3.23. The lowest BCUT2D eigenvalue weighted by atomic mass is 10.2. The van der Waals surface area contributed by atoms with Gasteiger partial charge in [0.25, 0.3) is 0 Å². The Morgan fingerprint density at radius 2 is 1.85 bits per heavy atom. The van der Waals surface area contributed by atoms with Crippen molar-refractivity contribution in [2.45, 2.75) is 19.2 Å². The van der Waals surface area contributed by atoms with Crippen LogP contribution in [0.25, 0.3) is 0 Å². The van der Waals surface area contributed by atoms with Crippen molar-refractivity contribution in [2.24, 2.45) is 0 Å². The van der Waals surface area contributed by atoms with E-state index in [4.69, 9.17) is 4.74 Å². The molecule has 2 fully saturated rings. The number of pyridine rings is 1. The Labute approximate surface area is 193 Å². The molecule has 1 unspecified atom stereocenters. The molecule has 1 N–H and O–H groups in total. The van der Waals surface area contributed by atoms with Crippen LogP contribution in [0.1, 0.15) is 12.5 Å². The maximum Gasteiger partial charge on any atom is 0.416 e. The number of alkyl halides is 3. The van der Waals surface area contributed by atoms with Crippen molar-refractivity contribution in [1.29, 1.82) is 0 Å². The number of aromatic nitrogens is 1. The van der Waals surface area contributed by atoms with E-state index >= 15 is 0 Å². The molecule has 0 spiro atoms. The van der Waals surface area contributed by atoms with E-state index in [0.717, 1.165) is 18.3 Å². The molecule has 2 amide bonds. The lowest BCUT2D eigenvalue weighted by molar-refractivity contribution is -0.137. The van der Waals surface area contributed by atoms with E-state index in [-0.39, 0.29) is 24.8 Å². The number of hydrogen-bond acceptors (Lipinski definition) is 6. The van der Waals surface area contributed by atoms with Gasteiger partial charge >= 0.3 is 12.3 Å². The van der Waals surface area contributed by atoms with Crippen LogP contribution in [0.2, 0.25) is 0 Å². The number of halogens is 4. The zero-order chi connectivity index (χ0) is 24.5. The van der Waals surface area contributed by atoms with Gasteiger partial charge in [0.1, 0.15) is 17.7 Å². The Balaban J connectivity index is 1.39. The van der Waals surface area contributed by atoms with Crippen LogP contribution in [-0.4, -0.2) is 62.4 Å². The van der Waals surface area contributed by atoms with Gasteiger partial charge in [0, 0.05) is 39.3 Å². The third-order valence-corrected chi connectivity index (χ3v) is 5.71. The van der Waals surface area contributed by atoms with Gasteiger partial charge in [-0.05, 0) is 30.3 Å². The number of amides is 2. The van der Waals surface area contributed by atoms with Gasteiger partial charge in [0.05, 0.1) is 30.0 Å². The summed E-state index contributed by atoms with van der Waals surface area (Å²) in [4.78, 5) is 32.1. The van der Waals surface area contributed by atoms with E-state index < -0.39 is 29.8 Å². The molecule has 1 aromatic heterocycles. The molecule has 8 nitrogen and oxygen atoms in total. The number of hydrogen-bond donors (Lipinski definition) is 1. The van der Waals surface area contributed by atoms with E-state index in [1.54, 1.807) is 21.9 Å². The Bertz CT molecular complexity index is 1070. The summed E-state index contributed by atoms with van der Waals surface area (Å²) in [5.74, 6) is -0.540. The summed E-state index contributed by atoms with van der Waals surface area (Å²) < 4.78 is 59.1. The van der Waals surface area contributed by atoms with Crippen LogP contribution in [0, 0.1) is 5.82 Å². The Morgan fingerprint density at radius 1 is 1.15 bits per heavy atom. The highest BCUT2D eigenvalue weighted by atomic mass is 19.4. The fourth-order valence-electron chi connectivity index (χ4n) is 3.96. The topological polar surface area (TPSA) is 78.0 Å². The van der Waals surface area contributed by atoms with Crippen molar-refractivity contribution in [1.82, 2.24) is 10.3 Å². The van der Waals surface area contributed by atoms with Crippen molar-refractivity contribution in [2.75, 3.05) is 54.0 Å². The number of piperazine rings is 1. The molecule has 2 aliphatic heterocycles. The lowest BCUT2D eigenvalue weighted by Crippen LogP contribution is -2.47. The van der Waals surface area contributed by atoms with Crippen molar-refractivity contribution < 1.29 is 31.9 Å². The quantitative estimate of drug-likeness (QED) is 0.662. The van der Waals surface area contributed by atoms with Gasteiger partial charge in [0.15, 0.2) is 0 Å². The first-order valence-electron chi connectivity index (χ1n) is 10.7. The molecule has 3 heterocycles. The predicted molar refractivity (Wildman–Crippen MR) is 116 cm³/mol. The maximum atomic E-state index is 14.9. The van der Waals surface area contributed by atoms with Crippen molar-refractivity contribution in [3.8, 4) is 0 Å². The molecule has 4 rings (SSSR count). The minimum atomic E-state index is -4.45. The van der Waals surface area contributed by atoms with Crippen molar-refractivity contribution >= 4 is 29.2 Å². The van der Waals surface area contributed by atoms with Gasteiger partial charge < -0.3 is 19.9 Å². The molecule has 0 aliphatic carbocycles. The van der Waals surface area contributed by atoms with Crippen LogP contribution in [0.5, 0.6) is 0 Å². The molecule has 0 bridgehead atoms. The lowest BCUT2D eigenvalue weighted by Gasteiger charge is -2.37. The van der Waals surface area contributed by atoms with Gasteiger partial charge in [-0.3, -0.25) is 9.69 Å². The molecule has 182 valence electrons. The SMILES string of the molecule is CC(=O)NCC1CN(c2ccc(N3CCN(c4cc(C(F)(F)F)ccn4)CC3)c(F)c2)C(=O)O1. The van der Waals surface area contributed by atoms with Crippen LogP contribution in [0.15, 0.2) is 36.5 Å². The molecule has 2 aromatic rings. The average Bonchev–Trinajstić information content (AvgIpc) is 3.18. The number of benzene rings is 1. The highest BCUT2D eigenvalue weighted by molar-refractivity contribution is 5.90. The molecule has 0 radical (unpaired) electrons. The van der Waals surface area contributed by atoms with E-state index in [2.05, 4.69) is 10.3 Å². The minimum absolute atomic E-state index is 0.170. The van der Waals surface area contributed by atoms with Crippen LogP contribution in [-0.2, 0) is 15.7 Å². The number of rotatable bonds is 5.